The summed E-state index contributed by atoms with van der Waals surface area (Å²) < 4.78 is 0. The summed E-state index contributed by atoms with van der Waals surface area (Å²) in [7, 11) is 0. The Morgan fingerprint density at radius 3 is 2.19 bits per heavy atom. The molecule has 2 saturated heterocycles. The van der Waals surface area contributed by atoms with Crippen LogP contribution in [0.5, 0.6) is 0 Å². The molecule has 2 aromatic carbocycles. The highest BCUT2D eigenvalue weighted by molar-refractivity contribution is 6.35. The molecule has 32 heavy (non-hydrogen) atoms. The van der Waals surface area contributed by atoms with Crippen molar-refractivity contribution in [1.29, 1.82) is 0 Å². The van der Waals surface area contributed by atoms with Crippen molar-refractivity contribution in [2.75, 3.05) is 32.7 Å². The Bertz CT molecular complexity index is 1030. The van der Waals surface area contributed by atoms with Gasteiger partial charge in [-0.25, -0.2) is 0 Å². The predicted molar refractivity (Wildman–Crippen MR) is 124 cm³/mol. The fourth-order valence-corrected chi connectivity index (χ4v) is 4.67. The van der Waals surface area contributed by atoms with Crippen LogP contribution in [-0.2, 0) is 4.79 Å². The van der Waals surface area contributed by atoms with E-state index in [4.69, 9.17) is 23.2 Å². The van der Waals surface area contributed by atoms with Gasteiger partial charge in [-0.2, -0.15) is 0 Å². The molecule has 0 bridgehead atoms. The molecule has 4 rings (SSSR count). The molecule has 0 aromatic heterocycles. The average Bonchev–Trinajstić information content (AvgIpc) is 3.30. The predicted octanol–water partition coefficient (Wildman–Crippen LogP) is 3.89. The highest BCUT2D eigenvalue weighted by atomic mass is 35.5. The van der Waals surface area contributed by atoms with E-state index in [1.165, 1.54) is 0 Å². The molecule has 0 N–H and O–H groups in total. The maximum absolute atomic E-state index is 13.3. The normalized spacial score (nSPS) is 18.7. The third-order valence-corrected chi connectivity index (χ3v) is 6.70. The van der Waals surface area contributed by atoms with Crippen LogP contribution >= 0.6 is 23.2 Å². The van der Waals surface area contributed by atoms with E-state index < -0.39 is 6.04 Å². The summed E-state index contributed by atoms with van der Waals surface area (Å²) in [6.45, 7) is 4.33. The molecule has 2 aliphatic rings. The van der Waals surface area contributed by atoms with Crippen molar-refractivity contribution < 1.29 is 14.4 Å². The quantitative estimate of drug-likeness (QED) is 0.679. The van der Waals surface area contributed by atoms with Crippen LogP contribution < -0.4 is 0 Å². The lowest BCUT2D eigenvalue weighted by Crippen LogP contribution is -2.55. The number of amides is 3. The zero-order chi connectivity index (χ0) is 22.8. The first-order valence-electron chi connectivity index (χ1n) is 10.8. The van der Waals surface area contributed by atoms with Crippen molar-refractivity contribution in [3.05, 3.63) is 69.2 Å². The molecular weight excluding hydrogens is 449 g/mol. The van der Waals surface area contributed by atoms with Gasteiger partial charge in [0.15, 0.2) is 0 Å². The van der Waals surface area contributed by atoms with E-state index in [-0.39, 0.29) is 17.7 Å². The van der Waals surface area contributed by atoms with Gasteiger partial charge in [0, 0.05) is 43.3 Å². The summed E-state index contributed by atoms with van der Waals surface area (Å²) in [5.74, 6) is -0.372. The molecule has 2 aliphatic heterocycles. The highest BCUT2D eigenvalue weighted by Gasteiger charge is 2.38. The number of carbonyl (C=O) groups is 3. The Kier molecular flexibility index (Phi) is 6.72. The number of hydrogen-bond acceptors (Lipinski definition) is 3. The van der Waals surface area contributed by atoms with Crippen molar-refractivity contribution in [2.24, 2.45) is 0 Å². The van der Waals surface area contributed by atoms with Crippen molar-refractivity contribution in [3.63, 3.8) is 0 Å². The Morgan fingerprint density at radius 2 is 1.50 bits per heavy atom. The summed E-state index contributed by atoms with van der Waals surface area (Å²) in [4.78, 5) is 44.2. The van der Waals surface area contributed by atoms with Crippen LogP contribution in [0.3, 0.4) is 0 Å². The number of carbonyl (C=O) groups excluding carboxylic acids is 3. The third kappa shape index (κ3) is 4.62. The van der Waals surface area contributed by atoms with E-state index >= 15 is 0 Å². The minimum Gasteiger partial charge on any atom is -0.337 e. The fraction of sp³-hybridized carbons (Fsp3) is 0.375. The molecule has 1 atom stereocenters. The Morgan fingerprint density at radius 1 is 0.844 bits per heavy atom. The molecule has 3 amide bonds. The number of piperazine rings is 1. The lowest BCUT2D eigenvalue weighted by molar-refractivity contribution is -0.136. The number of aryl methyl sites for hydroxylation is 1. The largest absolute Gasteiger partial charge is 0.337 e. The lowest BCUT2D eigenvalue weighted by Gasteiger charge is -2.37. The van der Waals surface area contributed by atoms with Crippen molar-refractivity contribution in [3.8, 4) is 0 Å². The van der Waals surface area contributed by atoms with Gasteiger partial charge in [0.25, 0.3) is 11.8 Å². The van der Waals surface area contributed by atoms with Gasteiger partial charge in [0.1, 0.15) is 6.04 Å². The second kappa shape index (κ2) is 9.51. The summed E-state index contributed by atoms with van der Waals surface area (Å²) in [6, 6.07) is 11.8. The van der Waals surface area contributed by atoms with E-state index in [1.807, 2.05) is 31.2 Å². The SMILES string of the molecule is Cc1ccc(C(=O)N2CCN(C(=O)C3CCCN3C(=O)c3cc(Cl)ccc3Cl)CC2)cc1. The van der Waals surface area contributed by atoms with Crippen LogP contribution in [0.2, 0.25) is 10.0 Å². The van der Waals surface area contributed by atoms with Crippen molar-refractivity contribution >= 4 is 40.9 Å². The minimum absolute atomic E-state index is 0.0228. The van der Waals surface area contributed by atoms with E-state index in [9.17, 15) is 14.4 Å². The molecule has 2 aromatic rings. The van der Waals surface area contributed by atoms with E-state index in [1.54, 1.807) is 32.9 Å². The highest BCUT2D eigenvalue weighted by Crippen LogP contribution is 2.27. The van der Waals surface area contributed by atoms with Gasteiger partial charge in [0.05, 0.1) is 10.6 Å². The maximum Gasteiger partial charge on any atom is 0.256 e. The zero-order valence-corrected chi connectivity index (χ0v) is 19.4. The van der Waals surface area contributed by atoms with Crippen molar-refractivity contribution in [1.82, 2.24) is 14.7 Å². The van der Waals surface area contributed by atoms with Crippen molar-refractivity contribution in [2.45, 2.75) is 25.8 Å². The molecular formula is C24H25Cl2N3O3. The first kappa shape index (κ1) is 22.6. The summed E-state index contributed by atoms with van der Waals surface area (Å²) in [5, 5.41) is 0.745. The van der Waals surface area contributed by atoms with Crippen LogP contribution in [0.1, 0.15) is 39.1 Å². The number of rotatable bonds is 3. The van der Waals surface area contributed by atoms with Gasteiger partial charge in [-0.3, -0.25) is 14.4 Å². The number of halogens is 2. The van der Waals surface area contributed by atoms with Gasteiger partial charge in [-0.1, -0.05) is 40.9 Å². The molecule has 6 nitrogen and oxygen atoms in total. The standard InChI is InChI=1S/C24H25Cl2N3O3/c1-16-4-6-17(7-5-16)22(30)27-11-13-28(14-12-27)24(32)21-3-2-10-29(21)23(31)19-15-18(25)8-9-20(19)26/h4-9,15,21H,2-3,10-14H2,1H3. The van der Waals surface area contributed by atoms with Crippen LogP contribution in [0.15, 0.2) is 42.5 Å². The molecule has 168 valence electrons. The molecule has 0 radical (unpaired) electrons. The van der Waals surface area contributed by atoms with Gasteiger partial charge < -0.3 is 14.7 Å². The second-order valence-corrected chi connectivity index (χ2v) is 9.11. The average molecular weight is 474 g/mol. The Hall–Kier alpha value is -2.57. The van der Waals surface area contributed by atoms with Gasteiger partial charge >= 0.3 is 0 Å². The Labute approximate surface area is 197 Å². The fourth-order valence-electron chi connectivity index (χ4n) is 4.30. The van der Waals surface area contributed by atoms with Gasteiger partial charge in [-0.15, -0.1) is 0 Å². The number of likely N-dealkylation sites (tertiary alicyclic amines) is 1. The minimum atomic E-state index is -0.517. The molecule has 0 aliphatic carbocycles. The summed E-state index contributed by atoms with van der Waals surface area (Å²) >= 11 is 12.3. The summed E-state index contributed by atoms with van der Waals surface area (Å²) in [6.07, 6.45) is 1.37. The summed E-state index contributed by atoms with van der Waals surface area (Å²) in [5.41, 5.74) is 2.07. The lowest BCUT2D eigenvalue weighted by atomic mass is 10.1. The van der Waals surface area contributed by atoms with Crippen LogP contribution in [0.4, 0.5) is 0 Å². The molecule has 1 unspecified atom stereocenters. The second-order valence-electron chi connectivity index (χ2n) is 8.26. The van der Waals surface area contributed by atoms with Gasteiger partial charge in [-0.05, 0) is 50.1 Å². The topological polar surface area (TPSA) is 60.9 Å². The number of nitrogens with zero attached hydrogens (tertiary/aromatic N) is 3. The molecule has 2 heterocycles. The maximum atomic E-state index is 13.3. The molecule has 8 heteroatoms. The van der Waals surface area contributed by atoms with Crippen LogP contribution in [0.25, 0.3) is 0 Å². The zero-order valence-electron chi connectivity index (χ0n) is 17.9. The molecule has 0 spiro atoms. The Balaban J connectivity index is 1.40. The third-order valence-electron chi connectivity index (χ3n) is 6.13. The number of hydrogen-bond donors (Lipinski definition) is 0. The van der Waals surface area contributed by atoms with Crippen LogP contribution in [0, 0.1) is 6.92 Å². The van der Waals surface area contributed by atoms with Gasteiger partial charge in [0.2, 0.25) is 5.91 Å². The van der Waals surface area contributed by atoms with E-state index in [0.29, 0.717) is 60.3 Å². The van der Waals surface area contributed by atoms with E-state index in [2.05, 4.69) is 0 Å². The van der Waals surface area contributed by atoms with E-state index in [0.717, 1.165) is 12.0 Å². The first-order chi connectivity index (χ1) is 15.3. The monoisotopic (exact) mass is 473 g/mol. The molecule has 0 saturated carbocycles. The van der Waals surface area contributed by atoms with Crippen LogP contribution in [-0.4, -0.2) is 71.2 Å². The first-order valence-corrected chi connectivity index (χ1v) is 11.5. The smallest absolute Gasteiger partial charge is 0.256 e. The molecule has 2 fully saturated rings. The number of benzene rings is 2.